The Hall–Kier alpha value is -1.35. The Morgan fingerprint density at radius 1 is 1.19 bits per heavy atom. The molecule has 2 fully saturated rings. The Balaban J connectivity index is 1.81. The van der Waals surface area contributed by atoms with Crippen molar-refractivity contribution < 1.29 is 4.79 Å². The molecule has 0 radical (unpaired) electrons. The summed E-state index contributed by atoms with van der Waals surface area (Å²) in [7, 11) is 1.97. The maximum Gasteiger partial charge on any atom is 0.242 e. The van der Waals surface area contributed by atoms with E-state index in [1.165, 1.54) is 24.8 Å². The lowest BCUT2D eigenvalue weighted by Crippen LogP contribution is -2.71. The van der Waals surface area contributed by atoms with E-state index in [0.29, 0.717) is 11.9 Å². The van der Waals surface area contributed by atoms with Crippen LogP contribution in [-0.2, 0) is 11.2 Å². The van der Waals surface area contributed by atoms with E-state index in [9.17, 15) is 4.79 Å². The SMILES string of the molecule is C[C@@H]1[C@H](Cc2ccccc2)NC2(CCCCC2)C(=O)N1C. The van der Waals surface area contributed by atoms with Crippen LogP contribution in [0, 0.1) is 0 Å². The van der Waals surface area contributed by atoms with Crippen molar-refractivity contribution in [1.82, 2.24) is 10.2 Å². The van der Waals surface area contributed by atoms with Crippen LogP contribution in [0.2, 0.25) is 0 Å². The second-order valence-electron chi connectivity index (χ2n) is 6.74. The van der Waals surface area contributed by atoms with E-state index < -0.39 is 0 Å². The first-order chi connectivity index (χ1) is 10.1. The van der Waals surface area contributed by atoms with Crippen LogP contribution in [0.4, 0.5) is 0 Å². The van der Waals surface area contributed by atoms with E-state index >= 15 is 0 Å². The van der Waals surface area contributed by atoms with E-state index in [2.05, 4.69) is 42.6 Å². The average molecular weight is 286 g/mol. The zero-order chi connectivity index (χ0) is 14.9. The molecule has 0 aromatic heterocycles. The zero-order valence-electron chi connectivity index (χ0n) is 13.1. The van der Waals surface area contributed by atoms with Crippen LogP contribution in [0.15, 0.2) is 30.3 Å². The molecular formula is C18H26N2O. The summed E-state index contributed by atoms with van der Waals surface area (Å²) < 4.78 is 0. The summed E-state index contributed by atoms with van der Waals surface area (Å²) >= 11 is 0. The molecule has 3 rings (SSSR count). The molecule has 2 atom stereocenters. The number of benzene rings is 1. The van der Waals surface area contributed by atoms with Crippen molar-refractivity contribution in [3.8, 4) is 0 Å². The molecule has 1 aromatic rings. The molecule has 1 N–H and O–H groups in total. The fourth-order valence-electron chi connectivity index (χ4n) is 3.93. The van der Waals surface area contributed by atoms with Gasteiger partial charge in [0.05, 0.1) is 5.54 Å². The minimum atomic E-state index is -0.293. The Bertz CT molecular complexity index is 493. The second kappa shape index (κ2) is 5.80. The first-order valence-corrected chi connectivity index (χ1v) is 8.21. The topological polar surface area (TPSA) is 32.3 Å². The molecule has 114 valence electrons. The molecule has 1 aromatic carbocycles. The van der Waals surface area contributed by atoms with Gasteiger partial charge in [0, 0.05) is 19.1 Å². The molecule has 3 heteroatoms. The first-order valence-electron chi connectivity index (χ1n) is 8.21. The number of carbonyl (C=O) groups excluding carboxylic acids is 1. The summed E-state index contributed by atoms with van der Waals surface area (Å²) in [4.78, 5) is 14.8. The fourth-order valence-corrected chi connectivity index (χ4v) is 3.93. The molecule has 0 bridgehead atoms. The predicted octanol–water partition coefficient (Wildman–Crippen LogP) is 2.75. The highest BCUT2D eigenvalue weighted by Crippen LogP contribution is 2.34. The number of amides is 1. The normalized spacial score (nSPS) is 28.9. The van der Waals surface area contributed by atoms with Gasteiger partial charge >= 0.3 is 0 Å². The number of nitrogens with one attached hydrogen (secondary N) is 1. The lowest BCUT2D eigenvalue weighted by atomic mass is 9.77. The summed E-state index contributed by atoms with van der Waals surface area (Å²) in [5.41, 5.74) is 1.05. The predicted molar refractivity (Wildman–Crippen MR) is 85.1 cm³/mol. The maximum atomic E-state index is 12.8. The fraction of sp³-hybridized carbons (Fsp3) is 0.611. The highest BCUT2D eigenvalue weighted by molar-refractivity contribution is 5.87. The van der Waals surface area contributed by atoms with E-state index in [-0.39, 0.29) is 11.6 Å². The monoisotopic (exact) mass is 286 g/mol. The summed E-state index contributed by atoms with van der Waals surface area (Å²) in [6, 6.07) is 11.2. The maximum absolute atomic E-state index is 12.8. The van der Waals surface area contributed by atoms with Crippen LogP contribution in [-0.4, -0.2) is 35.5 Å². The van der Waals surface area contributed by atoms with Crippen LogP contribution in [0.5, 0.6) is 0 Å². The molecule has 1 heterocycles. The molecule has 1 spiro atoms. The van der Waals surface area contributed by atoms with Gasteiger partial charge in [-0.05, 0) is 31.7 Å². The third-order valence-corrected chi connectivity index (χ3v) is 5.39. The van der Waals surface area contributed by atoms with Gasteiger partial charge in [-0.1, -0.05) is 49.6 Å². The number of rotatable bonds is 2. The lowest BCUT2D eigenvalue weighted by Gasteiger charge is -2.50. The molecule has 1 saturated carbocycles. The number of hydrogen-bond acceptors (Lipinski definition) is 2. The van der Waals surface area contributed by atoms with Gasteiger partial charge in [-0.2, -0.15) is 0 Å². The smallest absolute Gasteiger partial charge is 0.242 e. The first kappa shape index (κ1) is 14.6. The largest absolute Gasteiger partial charge is 0.340 e. The molecule has 1 aliphatic heterocycles. The van der Waals surface area contributed by atoms with E-state index in [1.807, 2.05) is 11.9 Å². The zero-order valence-corrected chi connectivity index (χ0v) is 13.1. The van der Waals surface area contributed by atoms with Crippen molar-refractivity contribution in [1.29, 1.82) is 0 Å². The van der Waals surface area contributed by atoms with Crippen molar-refractivity contribution in [2.24, 2.45) is 0 Å². The van der Waals surface area contributed by atoms with Crippen molar-refractivity contribution in [3.05, 3.63) is 35.9 Å². The standard InChI is InChI=1S/C18H26N2O/c1-14-16(13-15-9-5-3-6-10-15)19-18(17(21)20(14)2)11-7-4-8-12-18/h3,5-6,9-10,14,16,19H,4,7-8,11-13H2,1-2H3/t14-,16+/m1/s1. The third-order valence-electron chi connectivity index (χ3n) is 5.39. The molecule has 1 aliphatic carbocycles. The van der Waals surface area contributed by atoms with Crippen LogP contribution < -0.4 is 5.32 Å². The van der Waals surface area contributed by atoms with Crippen LogP contribution in [0.1, 0.15) is 44.6 Å². The van der Waals surface area contributed by atoms with Crippen molar-refractivity contribution in [2.75, 3.05) is 7.05 Å². The Labute approximate surface area is 127 Å². The van der Waals surface area contributed by atoms with Crippen LogP contribution >= 0.6 is 0 Å². The number of hydrogen-bond donors (Lipinski definition) is 1. The summed E-state index contributed by atoms with van der Waals surface area (Å²) in [5, 5.41) is 3.76. The minimum absolute atomic E-state index is 0.241. The third kappa shape index (κ3) is 2.71. The van der Waals surface area contributed by atoms with E-state index in [4.69, 9.17) is 0 Å². The highest BCUT2D eigenvalue weighted by Gasteiger charge is 2.48. The second-order valence-corrected chi connectivity index (χ2v) is 6.74. The molecule has 3 nitrogen and oxygen atoms in total. The quantitative estimate of drug-likeness (QED) is 0.906. The van der Waals surface area contributed by atoms with Crippen molar-refractivity contribution in [2.45, 2.75) is 63.1 Å². The molecule has 0 unspecified atom stereocenters. The Morgan fingerprint density at radius 3 is 2.52 bits per heavy atom. The summed E-state index contributed by atoms with van der Waals surface area (Å²) in [5.74, 6) is 0.305. The van der Waals surface area contributed by atoms with E-state index in [0.717, 1.165) is 19.3 Å². The van der Waals surface area contributed by atoms with Crippen molar-refractivity contribution in [3.63, 3.8) is 0 Å². The van der Waals surface area contributed by atoms with Gasteiger partial charge in [-0.3, -0.25) is 10.1 Å². The molecule has 21 heavy (non-hydrogen) atoms. The number of nitrogens with zero attached hydrogens (tertiary/aromatic N) is 1. The van der Waals surface area contributed by atoms with Gasteiger partial charge in [0.1, 0.15) is 0 Å². The van der Waals surface area contributed by atoms with Gasteiger partial charge < -0.3 is 4.90 Å². The van der Waals surface area contributed by atoms with Gasteiger partial charge in [-0.25, -0.2) is 0 Å². The lowest BCUT2D eigenvalue weighted by molar-refractivity contribution is -0.146. The van der Waals surface area contributed by atoms with Crippen LogP contribution in [0.25, 0.3) is 0 Å². The summed E-state index contributed by atoms with van der Waals surface area (Å²) in [6.07, 6.45) is 6.57. The average Bonchev–Trinajstić information content (AvgIpc) is 2.53. The molecule has 1 saturated heterocycles. The number of carbonyl (C=O) groups is 1. The Kier molecular flexibility index (Phi) is 4.03. The van der Waals surface area contributed by atoms with Gasteiger partial charge in [0.2, 0.25) is 5.91 Å². The van der Waals surface area contributed by atoms with Crippen LogP contribution in [0.3, 0.4) is 0 Å². The number of piperazine rings is 1. The van der Waals surface area contributed by atoms with E-state index in [1.54, 1.807) is 0 Å². The van der Waals surface area contributed by atoms with Crippen molar-refractivity contribution >= 4 is 5.91 Å². The molecule has 1 amide bonds. The van der Waals surface area contributed by atoms with Gasteiger partial charge in [-0.15, -0.1) is 0 Å². The number of likely N-dealkylation sites (N-methyl/N-ethyl adjacent to an activating group) is 1. The highest BCUT2D eigenvalue weighted by atomic mass is 16.2. The van der Waals surface area contributed by atoms with Gasteiger partial charge in [0.25, 0.3) is 0 Å². The minimum Gasteiger partial charge on any atom is -0.340 e. The van der Waals surface area contributed by atoms with Gasteiger partial charge in [0.15, 0.2) is 0 Å². The molecular weight excluding hydrogens is 260 g/mol. The molecule has 2 aliphatic rings. The summed E-state index contributed by atoms with van der Waals surface area (Å²) in [6.45, 7) is 2.16. The Morgan fingerprint density at radius 2 is 1.86 bits per heavy atom.